The molecule has 6 heteroatoms. The molecule has 0 aliphatic carbocycles. The average Bonchev–Trinajstić information content (AvgIpc) is 2.29. The summed E-state index contributed by atoms with van der Waals surface area (Å²) in [5, 5.41) is -0.637. The third-order valence-electron chi connectivity index (χ3n) is 2.37. The van der Waals surface area contributed by atoms with Crippen LogP contribution < -0.4 is 11.1 Å². The normalized spacial score (nSPS) is 12.6. The summed E-state index contributed by atoms with van der Waals surface area (Å²) in [6, 6.07) is 4.60. The van der Waals surface area contributed by atoms with Crippen molar-refractivity contribution in [2.45, 2.75) is 12.3 Å². The second kappa shape index (κ2) is 4.18. The topological polar surface area (TPSA) is 82.8 Å². The van der Waals surface area contributed by atoms with Crippen LogP contribution >= 0.6 is 11.6 Å². The summed E-state index contributed by atoms with van der Waals surface area (Å²) in [7, 11) is 0. The predicted octanol–water partition coefficient (Wildman–Crippen LogP) is 1.03. The van der Waals surface area contributed by atoms with Crippen LogP contribution in [0, 0.1) is 0 Å². The fourth-order valence-electron chi connectivity index (χ4n) is 1.50. The molecule has 17 heavy (non-hydrogen) atoms. The fourth-order valence-corrected chi connectivity index (χ4v) is 1.62. The van der Waals surface area contributed by atoms with Gasteiger partial charge in [0.2, 0.25) is 0 Å². The van der Waals surface area contributed by atoms with Gasteiger partial charge in [0, 0.05) is 5.56 Å². The lowest BCUT2D eigenvalue weighted by Gasteiger charge is -2.03. The van der Waals surface area contributed by atoms with E-state index in [1.807, 2.05) is 0 Å². The molecular formula is C11H9ClN2O3. The Balaban J connectivity index is 2.66. The van der Waals surface area contributed by atoms with E-state index in [2.05, 4.69) is 9.97 Å². The Kier molecular flexibility index (Phi) is 2.85. The van der Waals surface area contributed by atoms with Gasteiger partial charge < -0.3 is 9.97 Å². The number of halogens is 1. The molecule has 0 saturated carbocycles. The number of hydrogen-bond donors (Lipinski definition) is 2. The van der Waals surface area contributed by atoms with Crippen LogP contribution in [0.25, 0.3) is 11.0 Å². The van der Waals surface area contributed by atoms with Crippen LogP contribution in [-0.4, -0.2) is 21.1 Å². The highest BCUT2D eigenvalue weighted by Gasteiger charge is 2.12. The molecule has 2 aromatic rings. The number of carbonyl (C=O) groups is 1. The van der Waals surface area contributed by atoms with Gasteiger partial charge in [-0.1, -0.05) is 0 Å². The van der Waals surface area contributed by atoms with Gasteiger partial charge in [0.25, 0.3) is 0 Å². The lowest BCUT2D eigenvalue weighted by Crippen LogP contribution is -2.29. The first-order valence-electron chi connectivity index (χ1n) is 4.93. The Hall–Kier alpha value is -1.88. The molecule has 0 aliphatic rings. The first-order chi connectivity index (χ1) is 7.99. The van der Waals surface area contributed by atoms with Crippen LogP contribution in [-0.2, 0) is 0 Å². The monoisotopic (exact) mass is 252 g/mol. The molecule has 0 bridgehead atoms. The summed E-state index contributed by atoms with van der Waals surface area (Å²) in [6.07, 6.45) is 0. The maximum absolute atomic E-state index is 11.6. The van der Waals surface area contributed by atoms with Gasteiger partial charge in [-0.15, -0.1) is 11.6 Å². The van der Waals surface area contributed by atoms with Crippen molar-refractivity contribution < 1.29 is 4.79 Å². The minimum atomic E-state index is -0.749. The molecule has 0 saturated heterocycles. The number of H-pyrrole nitrogens is 2. The molecule has 0 aliphatic heterocycles. The number of rotatable bonds is 2. The van der Waals surface area contributed by atoms with Gasteiger partial charge in [-0.3, -0.25) is 14.4 Å². The zero-order valence-corrected chi connectivity index (χ0v) is 9.67. The van der Waals surface area contributed by atoms with E-state index in [1.165, 1.54) is 6.07 Å². The van der Waals surface area contributed by atoms with E-state index < -0.39 is 16.5 Å². The van der Waals surface area contributed by atoms with Crippen LogP contribution in [0.2, 0.25) is 0 Å². The Morgan fingerprint density at radius 1 is 1.18 bits per heavy atom. The number of carbonyl (C=O) groups excluding carboxylic acids is 1. The summed E-state index contributed by atoms with van der Waals surface area (Å²) < 4.78 is 0. The number of ketones is 1. The van der Waals surface area contributed by atoms with Gasteiger partial charge >= 0.3 is 11.1 Å². The van der Waals surface area contributed by atoms with E-state index in [4.69, 9.17) is 11.6 Å². The maximum atomic E-state index is 11.6. The Bertz CT molecular complexity index is 700. The molecular weight excluding hydrogens is 244 g/mol. The third kappa shape index (κ3) is 2.14. The molecule has 1 heterocycles. The number of aromatic nitrogens is 2. The molecule has 1 aromatic heterocycles. The quantitative estimate of drug-likeness (QED) is 0.476. The second-order valence-corrected chi connectivity index (χ2v) is 4.30. The molecule has 2 N–H and O–H groups in total. The minimum absolute atomic E-state index is 0.236. The van der Waals surface area contributed by atoms with E-state index in [-0.39, 0.29) is 5.78 Å². The summed E-state index contributed by atoms with van der Waals surface area (Å²) in [5.74, 6) is -0.236. The van der Waals surface area contributed by atoms with Gasteiger partial charge in [0.15, 0.2) is 5.78 Å². The maximum Gasteiger partial charge on any atom is 0.314 e. The summed E-state index contributed by atoms with van der Waals surface area (Å²) in [5.41, 5.74) is -0.211. The standard InChI is InChI=1S/C11H9ClN2O3/c1-5(12)9(15)6-2-3-7-8(4-6)14-11(17)10(16)13-7/h2-5H,1H3,(H,13,16)(H,14,17). The summed E-state index contributed by atoms with van der Waals surface area (Å²) in [6.45, 7) is 1.57. The first-order valence-corrected chi connectivity index (χ1v) is 5.37. The molecule has 1 unspecified atom stereocenters. The Labute approximate surface area is 100 Å². The average molecular weight is 253 g/mol. The highest BCUT2D eigenvalue weighted by Crippen LogP contribution is 2.13. The number of alkyl halides is 1. The van der Waals surface area contributed by atoms with Gasteiger partial charge in [0.1, 0.15) is 0 Å². The molecule has 0 spiro atoms. The van der Waals surface area contributed by atoms with Crippen molar-refractivity contribution in [1.82, 2.24) is 9.97 Å². The van der Waals surface area contributed by atoms with Gasteiger partial charge in [-0.05, 0) is 25.1 Å². The number of benzene rings is 1. The highest BCUT2D eigenvalue weighted by atomic mass is 35.5. The van der Waals surface area contributed by atoms with E-state index in [0.717, 1.165) is 0 Å². The summed E-state index contributed by atoms with van der Waals surface area (Å²) in [4.78, 5) is 38.7. The molecule has 0 fully saturated rings. The Morgan fingerprint density at radius 2 is 1.76 bits per heavy atom. The van der Waals surface area contributed by atoms with Crippen molar-refractivity contribution in [3.63, 3.8) is 0 Å². The van der Waals surface area contributed by atoms with Crippen LogP contribution in [0.15, 0.2) is 27.8 Å². The zero-order chi connectivity index (χ0) is 12.6. The molecule has 0 amide bonds. The van der Waals surface area contributed by atoms with Crippen LogP contribution in [0.4, 0.5) is 0 Å². The van der Waals surface area contributed by atoms with Crippen LogP contribution in [0.3, 0.4) is 0 Å². The van der Waals surface area contributed by atoms with Crippen LogP contribution in [0.5, 0.6) is 0 Å². The third-order valence-corrected chi connectivity index (χ3v) is 2.57. The lowest BCUT2D eigenvalue weighted by atomic mass is 10.1. The fraction of sp³-hybridized carbons (Fsp3) is 0.182. The molecule has 88 valence electrons. The Morgan fingerprint density at radius 3 is 2.35 bits per heavy atom. The second-order valence-electron chi connectivity index (χ2n) is 3.65. The summed E-state index contributed by atoms with van der Waals surface area (Å²) >= 11 is 5.69. The van der Waals surface area contributed by atoms with Crippen LogP contribution in [0.1, 0.15) is 17.3 Å². The molecule has 5 nitrogen and oxygen atoms in total. The van der Waals surface area contributed by atoms with Crippen molar-refractivity contribution in [1.29, 1.82) is 0 Å². The molecule has 2 rings (SSSR count). The van der Waals surface area contributed by atoms with Crippen molar-refractivity contribution in [2.75, 3.05) is 0 Å². The van der Waals surface area contributed by atoms with E-state index in [1.54, 1.807) is 19.1 Å². The number of nitrogens with one attached hydrogen (secondary N) is 2. The highest BCUT2D eigenvalue weighted by molar-refractivity contribution is 6.33. The number of hydrogen-bond acceptors (Lipinski definition) is 3. The smallest absolute Gasteiger partial charge is 0.314 e. The van der Waals surface area contributed by atoms with Crippen molar-refractivity contribution >= 4 is 28.4 Å². The number of fused-ring (bicyclic) bond motifs is 1. The van der Waals surface area contributed by atoms with Gasteiger partial charge in [0.05, 0.1) is 16.4 Å². The van der Waals surface area contributed by atoms with E-state index in [9.17, 15) is 14.4 Å². The lowest BCUT2D eigenvalue weighted by molar-refractivity contribution is 0.0992. The first kappa shape index (κ1) is 11.6. The SMILES string of the molecule is CC(Cl)C(=O)c1ccc2[nH]c(=O)c(=O)[nH]c2c1. The van der Waals surface area contributed by atoms with Gasteiger partial charge in [-0.2, -0.15) is 0 Å². The number of Topliss-reactive ketones (excluding diaryl/α,β-unsaturated/α-hetero) is 1. The minimum Gasteiger partial charge on any atom is -0.316 e. The van der Waals surface area contributed by atoms with E-state index >= 15 is 0 Å². The molecule has 1 atom stereocenters. The largest absolute Gasteiger partial charge is 0.316 e. The van der Waals surface area contributed by atoms with Crippen molar-refractivity contribution in [3.8, 4) is 0 Å². The van der Waals surface area contributed by atoms with E-state index in [0.29, 0.717) is 16.6 Å². The van der Waals surface area contributed by atoms with Crippen molar-refractivity contribution in [2.24, 2.45) is 0 Å². The van der Waals surface area contributed by atoms with Gasteiger partial charge in [-0.25, -0.2) is 0 Å². The predicted molar refractivity (Wildman–Crippen MR) is 64.8 cm³/mol. The number of aromatic amines is 2. The zero-order valence-electron chi connectivity index (χ0n) is 8.91. The molecule has 1 aromatic carbocycles. The molecule has 0 radical (unpaired) electrons. The van der Waals surface area contributed by atoms with Crippen molar-refractivity contribution in [3.05, 3.63) is 44.5 Å².